The molecule has 0 unspecified atom stereocenters. The number of rotatable bonds is 3. The van der Waals surface area contributed by atoms with Gasteiger partial charge in [0.25, 0.3) is 5.91 Å². The molecule has 0 aliphatic carbocycles. The van der Waals surface area contributed by atoms with E-state index in [2.05, 4.69) is 20.2 Å². The number of carbonyl (C=O) groups excluding carboxylic acids is 1. The van der Waals surface area contributed by atoms with E-state index in [4.69, 9.17) is 0 Å². The van der Waals surface area contributed by atoms with E-state index in [1.54, 1.807) is 24.5 Å². The molecule has 0 atom stereocenters. The molecule has 27 heavy (non-hydrogen) atoms. The Bertz CT molecular complexity index is 982. The van der Waals surface area contributed by atoms with Crippen LogP contribution in [0.2, 0.25) is 0 Å². The Morgan fingerprint density at radius 2 is 1.70 bits per heavy atom. The van der Waals surface area contributed by atoms with Crippen molar-refractivity contribution in [1.29, 1.82) is 0 Å². The third-order valence-electron chi connectivity index (χ3n) is 4.65. The second-order valence-corrected chi connectivity index (χ2v) is 6.59. The van der Waals surface area contributed by atoms with Gasteiger partial charge in [-0.2, -0.15) is 0 Å². The molecule has 1 aliphatic rings. The second-order valence-electron chi connectivity index (χ2n) is 6.59. The topological polar surface area (TPSA) is 58.1 Å². The molecule has 7 heteroatoms. The lowest BCUT2D eigenvalue weighted by Crippen LogP contribution is -2.30. The number of fused-ring (bicyclic) bond motifs is 1. The predicted octanol–water partition coefficient (Wildman–Crippen LogP) is 4.15. The summed E-state index contributed by atoms with van der Waals surface area (Å²) in [6.07, 6.45) is 4.99. The van der Waals surface area contributed by atoms with Gasteiger partial charge in [0.15, 0.2) is 0 Å². The lowest BCUT2D eigenvalue weighted by Gasteiger charge is -2.28. The highest BCUT2D eigenvalue weighted by molar-refractivity contribution is 6.05. The van der Waals surface area contributed by atoms with Crippen molar-refractivity contribution in [3.8, 4) is 0 Å². The standard InChI is InChI=1S/C20H18F2N4O/c21-14-8-13(9-15(22)10-14)20(27)25-16-4-5-18-17(11-16)19(24-12-23-18)26-6-2-1-3-7-26/h4-5,8-12H,1-3,6-7H2,(H,25,27). The highest BCUT2D eigenvalue weighted by atomic mass is 19.1. The Hall–Kier alpha value is -3.09. The average Bonchev–Trinajstić information content (AvgIpc) is 2.67. The van der Waals surface area contributed by atoms with Gasteiger partial charge in [-0.1, -0.05) is 0 Å². The Morgan fingerprint density at radius 1 is 0.963 bits per heavy atom. The summed E-state index contributed by atoms with van der Waals surface area (Å²) in [4.78, 5) is 23.3. The molecule has 4 rings (SSSR count). The third-order valence-corrected chi connectivity index (χ3v) is 4.65. The van der Waals surface area contributed by atoms with E-state index in [-0.39, 0.29) is 5.56 Å². The molecule has 0 radical (unpaired) electrons. The molecular formula is C20H18F2N4O. The molecule has 2 heterocycles. The van der Waals surface area contributed by atoms with Gasteiger partial charge < -0.3 is 10.2 Å². The monoisotopic (exact) mass is 368 g/mol. The number of hydrogen-bond donors (Lipinski definition) is 1. The van der Waals surface area contributed by atoms with Crippen molar-refractivity contribution in [2.75, 3.05) is 23.3 Å². The van der Waals surface area contributed by atoms with Crippen LogP contribution in [-0.4, -0.2) is 29.0 Å². The zero-order valence-electron chi connectivity index (χ0n) is 14.6. The summed E-state index contributed by atoms with van der Waals surface area (Å²) in [5.74, 6) is -1.32. The maximum absolute atomic E-state index is 13.4. The van der Waals surface area contributed by atoms with Crippen LogP contribution in [0.4, 0.5) is 20.3 Å². The highest BCUT2D eigenvalue weighted by Gasteiger charge is 2.16. The number of nitrogens with one attached hydrogen (secondary N) is 1. The molecule has 0 spiro atoms. The van der Waals surface area contributed by atoms with Crippen molar-refractivity contribution in [3.05, 3.63) is 59.9 Å². The van der Waals surface area contributed by atoms with Gasteiger partial charge in [-0.15, -0.1) is 0 Å². The fourth-order valence-corrected chi connectivity index (χ4v) is 3.37. The minimum Gasteiger partial charge on any atom is -0.356 e. The number of nitrogens with zero attached hydrogens (tertiary/aromatic N) is 3. The molecule has 0 bridgehead atoms. The predicted molar refractivity (Wildman–Crippen MR) is 99.9 cm³/mol. The first-order valence-electron chi connectivity index (χ1n) is 8.87. The van der Waals surface area contributed by atoms with Crippen LogP contribution >= 0.6 is 0 Å². The normalized spacial score (nSPS) is 14.4. The van der Waals surface area contributed by atoms with Crippen molar-refractivity contribution in [1.82, 2.24) is 9.97 Å². The molecule has 2 aromatic carbocycles. The molecule has 0 saturated carbocycles. The molecular weight excluding hydrogens is 350 g/mol. The largest absolute Gasteiger partial charge is 0.356 e. The van der Waals surface area contributed by atoms with E-state index < -0.39 is 17.5 Å². The Balaban J connectivity index is 1.65. The molecule has 1 N–H and O–H groups in total. The van der Waals surface area contributed by atoms with E-state index in [9.17, 15) is 13.6 Å². The van der Waals surface area contributed by atoms with E-state index in [1.807, 2.05) is 0 Å². The lowest BCUT2D eigenvalue weighted by molar-refractivity contribution is 0.102. The fourth-order valence-electron chi connectivity index (χ4n) is 3.37. The average molecular weight is 368 g/mol. The first kappa shape index (κ1) is 17.3. The second kappa shape index (κ2) is 7.26. The summed E-state index contributed by atoms with van der Waals surface area (Å²) in [6, 6.07) is 8.04. The molecule has 1 aliphatic heterocycles. The van der Waals surface area contributed by atoms with Crippen LogP contribution in [0.1, 0.15) is 29.6 Å². The number of carbonyl (C=O) groups is 1. The third kappa shape index (κ3) is 3.72. The summed E-state index contributed by atoms with van der Waals surface area (Å²) in [6.45, 7) is 1.87. The summed E-state index contributed by atoms with van der Waals surface area (Å²) in [7, 11) is 0. The summed E-state index contributed by atoms with van der Waals surface area (Å²) >= 11 is 0. The van der Waals surface area contributed by atoms with Gasteiger partial charge in [0.05, 0.1) is 5.52 Å². The first-order chi connectivity index (χ1) is 13.1. The van der Waals surface area contributed by atoms with Gasteiger partial charge >= 0.3 is 0 Å². The number of benzene rings is 2. The van der Waals surface area contributed by atoms with Crippen LogP contribution in [0, 0.1) is 11.6 Å². The van der Waals surface area contributed by atoms with Crippen molar-refractivity contribution in [3.63, 3.8) is 0 Å². The zero-order chi connectivity index (χ0) is 18.8. The van der Waals surface area contributed by atoms with Crippen LogP contribution in [0.15, 0.2) is 42.7 Å². The number of piperidine rings is 1. The Morgan fingerprint density at radius 3 is 2.44 bits per heavy atom. The fraction of sp³-hybridized carbons (Fsp3) is 0.250. The maximum atomic E-state index is 13.4. The van der Waals surface area contributed by atoms with Crippen molar-refractivity contribution in [2.45, 2.75) is 19.3 Å². The molecule has 1 amide bonds. The zero-order valence-corrected chi connectivity index (χ0v) is 14.6. The molecule has 3 aromatic rings. The van der Waals surface area contributed by atoms with Gasteiger partial charge in [-0.05, 0) is 49.6 Å². The molecule has 5 nitrogen and oxygen atoms in total. The van der Waals surface area contributed by atoms with Gasteiger partial charge in [0, 0.05) is 35.8 Å². The van der Waals surface area contributed by atoms with Crippen LogP contribution < -0.4 is 10.2 Å². The molecule has 1 fully saturated rings. The molecule has 1 saturated heterocycles. The number of amides is 1. The van der Waals surface area contributed by atoms with Crippen LogP contribution in [-0.2, 0) is 0 Å². The summed E-state index contributed by atoms with van der Waals surface area (Å²) in [5, 5.41) is 3.52. The maximum Gasteiger partial charge on any atom is 0.255 e. The number of aromatic nitrogens is 2. The number of halogens is 2. The summed E-state index contributed by atoms with van der Waals surface area (Å²) in [5.41, 5.74) is 1.22. The summed E-state index contributed by atoms with van der Waals surface area (Å²) < 4.78 is 26.7. The van der Waals surface area contributed by atoms with Gasteiger partial charge in [0.2, 0.25) is 0 Å². The lowest BCUT2D eigenvalue weighted by atomic mass is 10.1. The Kier molecular flexibility index (Phi) is 4.66. The van der Waals surface area contributed by atoms with Gasteiger partial charge in [-0.25, -0.2) is 18.7 Å². The van der Waals surface area contributed by atoms with Crippen molar-refractivity contribution >= 4 is 28.3 Å². The molecule has 1 aromatic heterocycles. The van der Waals surface area contributed by atoms with Crippen LogP contribution in [0.5, 0.6) is 0 Å². The Labute approximate surface area is 155 Å². The van der Waals surface area contributed by atoms with E-state index in [1.165, 1.54) is 6.42 Å². The minimum atomic E-state index is -0.792. The smallest absolute Gasteiger partial charge is 0.255 e. The highest BCUT2D eigenvalue weighted by Crippen LogP contribution is 2.28. The SMILES string of the molecule is O=C(Nc1ccc2ncnc(N3CCCCC3)c2c1)c1cc(F)cc(F)c1. The van der Waals surface area contributed by atoms with E-state index >= 15 is 0 Å². The van der Waals surface area contributed by atoms with Gasteiger partial charge in [-0.3, -0.25) is 4.79 Å². The number of anilines is 2. The van der Waals surface area contributed by atoms with Crippen molar-refractivity contribution < 1.29 is 13.6 Å². The van der Waals surface area contributed by atoms with Crippen LogP contribution in [0.3, 0.4) is 0 Å². The van der Waals surface area contributed by atoms with Crippen LogP contribution in [0.25, 0.3) is 10.9 Å². The van der Waals surface area contributed by atoms with Crippen molar-refractivity contribution in [2.24, 2.45) is 0 Å². The molecule has 138 valence electrons. The number of hydrogen-bond acceptors (Lipinski definition) is 4. The first-order valence-corrected chi connectivity index (χ1v) is 8.87. The minimum absolute atomic E-state index is 0.0758. The van der Waals surface area contributed by atoms with Gasteiger partial charge in [0.1, 0.15) is 23.8 Å². The van der Waals surface area contributed by atoms with E-state index in [0.717, 1.165) is 60.9 Å². The van der Waals surface area contributed by atoms with E-state index in [0.29, 0.717) is 5.69 Å². The quantitative estimate of drug-likeness (QED) is 0.755.